The molecule has 2 atom stereocenters. The number of nitrogens with one attached hydrogen (secondary N) is 3. The number of hydrogen-bond donors (Lipinski definition) is 3. The Kier molecular flexibility index (Phi) is 4.06. The van der Waals surface area contributed by atoms with Gasteiger partial charge in [-0.1, -0.05) is 17.7 Å². The highest BCUT2D eigenvalue weighted by Gasteiger charge is 2.65. The molecule has 0 bridgehead atoms. The van der Waals surface area contributed by atoms with E-state index in [0.717, 1.165) is 39.9 Å². The van der Waals surface area contributed by atoms with Crippen molar-refractivity contribution in [2.45, 2.75) is 24.7 Å². The quantitative estimate of drug-likeness (QED) is 0.297. The summed E-state index contributed by atoms with van der Waals surface area (Å²) in [5.41, 5.74) is 5.35. The highest BCUT2D eigenvalue weighted by atomic mass is 35.5. The number of fused-ring (bicyclic) bond motifs is 4. The summed E-state index contributed by atoms with van der Waals surface area (Å²) in [5, 5.41) is 15.4. The third-order valence-electron chi connectivity index (χ3n) is 7.15. The van der Waals surface area contributed by atoms with Crippen molar-refractivity contribution in [3.05, 3.63) is 70.6 Å². The molecule has 35 heavy (non-hydrogen) atoms. The molecule has 1 aliphatic heterocycles. The second-order valence-corrected chi connectivity index (χ2v) is 9.54. The number of carbonyl (C=O) groups excluding carboxylic acids is 1. The van der Waals surface area contributed by atoms with Gasteiger partial charge in [-0.05, 0) is 53.9 Å². The molecule has 3 heterocycles. The fourth-order valence-corrected chi connectivity index (χ4v) is 5.54. The summed E-state index contributed by atoms with van der Waals surface area (Å²) in [6.07, 6.45) is 0.760. The molecular weight excluding hydrogens is 466 g/mol. The van der Waals surface area contributed by atoms with Crippen molar-refractivity contribution >= 4 is 56.7 Å². The van der Waals surface area contributed by atoms with Crippen LogP contribution in [0.1, 0.15) is 29.4 Å². The zero-order valence-corrected chi connectivity index (χ0v) is 19.7. The van der Waals surface area contributed by atoms with Gasteiger partial charge in [0.15, 0.2) is 17.3 Å². The Balaban J connectivity index is 1.21. The summed E-state index contributed by atoms with van der Waals surface area (Å²) in [7, 11) is 1.64. The molecule has 1 amide bonds. The average molecular weight is 486 g/mol. The SMILES string of the molecule is COc1ccc2c(c1)[C@]1(C[C@H]1c1ccc3c(Nc4cc5oc(C)nc5cc4Cl)n[nH]c3c1)C(=O)N2. The Morgan fingerprint density at radius 2 is 2.09 bits per heavy atom. The monoisotopic (exact) mass is 485 g/mol. The van der Waals surface area contributed by atoms with Crippen molar-refractivity contribution in [1.82, 2.24) is 15.2 Å². The van der Waals surface area contributed by atoms with Crippen LogP contribution in [0.25, 0.3) is 22.0 Å². The lowest BCUT2D eigenvalue weighted by Crippen LogP contribution is -2.21. The number of aromatic amines is 1. The number of methoxy groups -OCH3 is 1. The van der Waals surface area contributed by atoms with Crippen LogP contribution in [0.5, 0.6) is 5.75 Å². The number of benzene rings is 3. The molecule has 9 heteroatoms. The first-order chi connectivity index (χ1) is 17.0. The standard InChI is InChI=1S/C26H20ClN5O3/c1-12-28-22-9-18(27)21(10-23(22)35-12)29-24-15-5-3-13(7-20(15)31-32-24)17-11-26(17)16-8-14(34-2)4-6-19(16)30-25(26)33/h3-10,17H,11H2,1-2H3,(H,30,33)(H2,29,31,32)/t17-,26-/m0/s1. The van der Waals surface area contributed by atoms with Crippen molar-refractivity contribution in [3.8, 4) is 5.75 Å². The Labute approximate surface area is 204 Å². The third-order valence-corrected chi connectivity index (χ3v) is 7.46. The number of rotatable bonds is 4. The van der Waals surface area contributed by atoms with Gasteiger partial charge in [0.2, 0.25) is 5.91 Å². The molecule has 0 saturated heterocycles. The summed E-state index contributed by atoms with van der Waals surface area (Å²) in [4.78, 5) is 17.3. The van der Waals surface area contributed by atoms with Gasteiger partial charge in [-0.15, -0.1) is 0 Å². The molecule has 5 aromatic rings. The predicted octanol–water partition coefficient (Wildman–Crippen LogP) is 5.80. The van der Waals surface area contributed by atoms with E-state index in [-0.39, 0.29) is 11.8 Å². The van der Waals surface area contributed by atoms with E-state index in [2.05, 4.69) is 37.9 Å². The topological polar surface area (TPSA) is 105 Å². The number of hydrogen-bond acceptors (Lipinski definition) is 6. The third kappa shape index (κ3) is 2.89. The minimum absolute atomic E-state index is 0.0468. The molecule has 174 valence electrons. The molecule has 2 aliphatic rings. The highest BCUT2D eigenvalue weighted by Crippen LogP contribution is 2.65. The number of H-pyrrole nitrogens is 1. The molecule has 1 spiro atoms. The van der Waals surface area contributed by atoms with E-state index >= 15 is 0 Å². The van der Waals surface area contributed by atoms with Crippen LogP contribution in [0.2, 0.25) is 5.02 Å². The van der Waals surface area contributed by atoms with Crippen LogP contribution in [-0.4, -0.2) is 28.2 Å². The van der Waals surface area contributed by atoms with E-state index in [1.807, 2.05) is 30.3 Å². The number of halogens is 1. The predicted molar refractivity (Wildman–Crippen MR) is 134 cm³/mol. The van der Waals surface area contributed by atoms with E-state index in [1.54, 1.807) is 20.1 Å². The summed E-state index contributed by atoms with van der Waals surface area (Å²) in [6, 6.07) is 15.5. The largest absolute Gasteiger partial charge is 0.497 e. The van der Waals surface area contributed by atoms with Crippen molar-refractivity contribution < 1.29 is 13.9 Å². The van der Waals surface area contributed by atoms with Gasteiger partial charge in [-0.3, -0.25) is 9.89 Å². The zero-order valence-electron chi connectivity index (χ0n) is 18.9. The average Bonchev–Trinajstić information content (AvgIpc) is 3.19. The molecule has 1 aliphatic carbocycles. The molecule has 0 radical (unpaired) electrons. The van der Waals surface area contributed by atoms with E-state index < -0.39 is 5.41 Å². The molecule has 3 aromatic carbocycles. The lowest BCUT2D eigenvalue weighted by molar-refractivity contribution is -0.118. The number of aryl methyl sites for hydroxylation is 1. The maximum absolute atomic E-state index is 13.0. The molecule has 8 nitrogen and oxygen atoms in total. The maximum Gasteiger partial charge on any atom is 0.235 e. The number of amides is 1. The van der Waals surface area contributed by atoms with Gasteiger partial charge in [0.1, 0.15) is 11.3 Å². The van der Waals surface area contributed by atoms with E-state index in [0.29, 0.717) is 33.5 Å². The fourth-order valence-electron chi connectivity index (χ4n) is 5.33. The van der Waals surface area contributed by atoms with Crippen molar-refractivity contribution in [2.75, 3.05) is 17.7 Å². The molecule has 3 N–H and O–H groups in total. The molecule has 2 aromatic heterocycles. The minimum Gasteiger partial charge on any atom is -0.497 e. The van der Waals surface area contributed by atoms with Gasteiger partial charge in [-0.2, -0.15) is 5.10 Å². The Morgan fingerprint density at radius 1 is 1.20 bits per heavy atom. The second kappa shape index (κ2) is 6.99. The van der Waals surface area contributed by atoms with Gasteiger partial charge >= 0.3 is 0 Å². The first-order valence-corrected chi connectivity index (χ1v) is 11.7. The maximum atomic E-state index is 13.0. The van der Waals surface area contributed by atoms with Crippen LogP contribution in [-0.2, 0) is 10.2 Å². The Bertz CT molecular complexity index is 1690. The lowest BCUT2D eigenvalue weighted by atomic mass is 9.91. The van der Waals surface area contributed by atoms with Gasteiger partial charge < -0.3 is 19.8 Å². The van der Waals surface area contributed by atoms with E-state index in [1.165, 1.54) is 0 Å². The molecule has 0 unspecified atom stereocenters. The number of anilines is 3. The van der Waals surface area contributed by atoms with Gasteiger partial charge in [-0.25, -0.2) is 4.98 Å². The number of ether oxygens (including phenoxy) is 1. The molecule has 1 saturated carbocycles. The number of oxazole rings is 1. The first-order valence-electron chi connectivity index (χ1n) is 11.3. The van der Waals surface area contributed by atoms with Gasteiger partial charge in [0.05, 0.1) is 28.8 Å². The minimum atomic E-state index is -0.545. The van der Waals surface area contributed by atoms with E-state index in [4.69, 9.17) is 20.8 Å². The number of aromatic nitrogens is 3. The molecular formula is C26H20ClN5O3. The van der Waals surface area contributed by atoms with Crippen LogP contribution in [0.3, 0.4) is 0 Å². The molecule has 1 fully saturated rings. The van der Waals surface area contributed by atoms with Crippen LogP contribution in [0.4, 0.5) is 17.2 Å². The van der Waals surface area contributed by atoms with Crippen molar-refractivity contribution in [3.63, 3.8) is 0 Å². The summed E-state index contributed by atoms with van der Waals surface area (Å²) in [5.74, 6) is 2.13. The van der Waals surface area contributed by atoms with Crippen LogP contribution in [0, 0.1) is 6.92 Å². The molecule has 7 rings (SSSR count). The normalized spacial score (nSPS) is 20.4. The Morgan fingerprint density at radius 3 is 2.94 bits per heavy atom. The summed E-state index contributed by atoms with van der Waals surface area (Å²) in [6.45, 7) is 1.80. The number of nitrogens with zero attached hydrogens (tertiary/aromatic N) is 2. The van der Waals surface area contributed by atoms with Gasteiger partial charge in [0.25, 0.3) is 0 Å². The van der Waals surface area contributed by atoms with E-state index in [9.17, 15) is 4.79 Å². The van der Waals surface area contributed by atoms with Crippen molar-refractivity contribution in [2.24, 2.45) is 0 Å². The van der Waals surface area contributed by atoms with Crippen LogP contribution < -0.4 is 15.4 Å². The lowest BCUT2D eigenvalue weighted by Gasteiger charge is -2.10. The second-order valence-electron chi connectivity index (χ2n) is 9.13. The summed E-state index contributed by atoms with van der Waals surface area (Å²) < 4.78 is 11.0. The highest BCUT2D eigenvalue weighted by molar-refractivity contribution is 6.34. The number of carbonyl (C=O) groups is 1. The van der Waals surface area contributed by atoms with Gasteiger partial charge in [0, 0.05) is 30.0 Å². The first kappa shape index (κ1) is 20.3. The van der Waals surface area contributed by atoms with Crippen molar-refractivity contribution in [1.29, 1.82) is 0 Å². The summed E-state index contributed by atoms with van der Waals surface area (Å²) >= 11 is 6.47. The van der Waals surface area contributed by atoms with Crippen LogP contribution >= 0.6 is 11.6 Å². The fraction of sp³-hybridized carbons (Fsp3) is 0.192. The zero-order chi connectivity index (χ0) is 23.9. The smallest absolute Gasteiger partial charge is 0.235 e. The Hall–Kier alpha value is -4.04. The van der Waals surface area contributed by atoms with Crippen LogP contribution in [0.15, 0.2) is 52.9 Å².